The number of methoxy groups -OCH3 is 1. The minimum absolute atomic E-state index is 0.146. The van der Waals surface area contributed by atoms with Gasteiger partial charge in [-0.15, -0.1) is 0 Å². The number of rotatable bonds is 11. The van der Waals surface area contributed by atoms with Crippen molar-refractivity contribution in [1.29, 1.82) is 0 Å². The molecule has 0 unspecified atom stereocenters. The summed E-state index contributed by atoms with van der Waals surface area (Å²) in [4.78, 5) is 10.8. The second-order valence-electron chi connectivity index (χ2n) is 5.69. The fourth-order valence-corrected chi connectivity index (χ4v) is 2.39. The maximum atomic E-state index is 12.1. The molecule has 2 aromatic rings. The fourth-order valence-electron chi connectivity index (χ4n) is 2.39. The molecule has 3 N–H and O–H groups in total. The highest BCUT2D eigenvalue weighted by Gasteiger charge is 2.07. The molecule has 146 valence electrons. The number of nitrogens with one attached hydrogen (secondary N) is 1. The third-order valence-electron chi connectivity index (χ3n) is 3.67. The van der Waals surface area contributed by atoms with Crippen LogP contribution in [0, 0.1) is 0 Å². The molecule has 2 rings (SSSR count). The zero-order chi connectivity index (χ0) is 19.6. The standard InChI is InChI=1S/C19H22F2N2O4/c1-25-17-10-14(4-7-16(17)26-12-18(22)24)11-23-9-8-13-2-5-15(6-3-13)27-19(20)21/h2-7,10,19,23H,8-9,11-12H2,1H3,(H2,22,24). The molecule has 0 aliphatic rings. The number of carbonyl (C=O) groups is 1. The summed E-state index contributed by atoms with van der Waals surface area (Å²) in [5, 5.41) is 3.30. The van der Waals surface area contributed by atoms with Crippen LogP contribution in [-0.4, -0.2) is 32.8 Å². The van der Waals surface area contributed by atoms with E-state index in [0.29, 0.717) is 24.6 Å². The topological polar surface area (TPSA) is 82.8 Å². The number of nitrogens with two attached hydrogens (primary N) is 1. The van der Waals surface area contributed by atoms with Gasteiger partial charge in [0, 0.05) is 6.54 Å². The van der Waals surface area contributed by atoms with Crippen LogP contribution in [0.25, 0.3) is 0 Å². The number of ether oxygens (including phenoxy) is 3. The first kappa shape index (κ1) is 20.4. The van der Waals surface area contributed by atoms with Crippen LogP contribution in [0.1, 0.15) is 11.1 Å². The minimum atomic E-state index is -2.82. The Hall–Kier alpha value is -2.87. The molecule has 0 fully saturated rings. The van der Waals surface area contributed by atoms with Gasteiger partial charge in [-0.3, -0.25) is 4.79 Å². The average Bonchev–Trinajstić information content (AvgIpc) is 2.64. The van der Waals surface area contributed by atoms with Gasteiger partial charge in [-0.2, -0.15) is 8.78 Å². The third kappa shape index (κ3) is 7.10. The number of hydrogen-bond acceptors (Lipinski definition) is 5. The highest BCUT2D eigenvalue weighted by Crippen LogP contribution is 2.28. The molecule has 0 saturated heterocycles. The Balaban J connectivity index is 1.80. The third-order valence-corrected chi connectivity index (χ3v) is 3.67. The predicted molar refractivity (Wildman–Crippen MR) is 96.2 cm³/mol. The van der Waals surface area contributed by atoms with Crippen LogP contribution < -0.4 is 25.3 Å². The van der Waals surface area contributed by atoms with Crippen molar-refractivity contribution in [3.63, 3.8) is 0 Å². The van der Waals surface area contributed by atoms with Crippen LogP contribution in [0.15, 0.2) is 42.5 Å². The van der Waals surface area contributed by atoms with Crippen molar-refractivity contribution in [2.75, 3.05) is 20.3 Å². The average molecular weight is 380 g/mol. The number of carbonyl (C=O) groups excluding carboxylic acids is 1. The van der Waals surface area contributed by atoms with Crippen molar-refractivity contribution < 1.29 is 27.8 Å². The van der Waals surface area contributed by atoms with E-state index in [-0.39, 0.29) is 12.4 Å². The summed E-state index contributed by atoms with van der Waals surface area (Å²) in [7, 11) is 1.52. The Kier molecular flexibility index (Phi) is 7.81. The lowest BCUT2D eigenvalue weighted by molar-refractivity contribution is -0.119. The number of primary amides is 1. The summed E-state index contributed by atoms with van der Waals surface area (Å²) >= 11 is 0. The smallest absolute Gasteiger partial charge is 0.387 e. The molecule has 0 bridgehead atoms. The summed E-state index contributed by atoms with van der Waals surface area (Å²) in [5.41, 5.74) is 7.06. The van der Waals surface area contributed by atoms with Crippen molar-refractivity contribution in [1.82, 2.24) is 5.32 Å². The van der Waals surface area contributed by atoms with Gasteiger partial charge >= 0.3 is 6.61 Å². The molecule has 0 spiro atoms. The molecule has 0 aliphatic carbocycles. The lowest BCUT2D eigenvalue weighted by Gasteiger charge is -2.12. The summed E-state index contributed by atoms with van der Waals surface area (Å²) in [6, 6.07) is 12.0. The van der Waals surface area contributed by atoms with E-state index >= 15 is 0 Å². The van der Waals surface area contributed by atoms with Crippen LogP contribution in [0.5, 0.6) is 17.2 Å². The Morgan fingerprint density at radius 1 is 1.11 bits per heavy atom. The number of halogens is 2. The molecule has 6 nitrogen and oxygen atoms in total. The zero-order valence-corrected chi connectivity index (χ0v) is 14.9. The maximum Gasteiger partial charge on any atom is 0.387 e. The van der Waals surface area contributed by atoms with Crippen LogP contribution >= 0.6 is 0 Å². The number of amides is 1. The van der Waals surface area contributed by atoms with Gasteiger partial charge in [0.05, 0.1) is 7.11 Å². The molecule has 0 radical (unpaired) electrons. The summed E-state index contributed by atoms with van der Waals surface area (Å²) in [6.45, 7) is -1.71. The van der Waals surface area contributed by atoms with E-state index < -0.39 is 12.5 Å². The van der Waals surface area contributed by atoms with E-state index in [4.69, 9.17) is 15.2 Å². The maximum absolute atomic E-state index is 12.1. The monoisotopic (exact) mass is 380 g/mol. The van der Waals surface area contributed by atoms with Gasteiger partial charge < -0.3 is 25.3 Å². The van der Waals surface area contributed by atoms with Gasteiger partial charge in [0.1, 0.15) is 5.75 Å². The summed E-state index contributed by atoms with van der Waals surface area (Å²) in [6.07, 6.45) is 0.742. The quantitative estimate of drug-likeness (QED) is 0.586. The summed E-state index contributed by atoms with van der Waals surface area (Å²) in [5.74, 6) is 0.556. The number of benzene rings is 2. The largest absolute Gasteiger partial charge is 0.493 e. The van der Waals surface area contributed by atoms with E-state index in [1.54, 1.807) is 18.2 Å². The molecule has 0 atom stereocenters. The van der Waals surface area contributed by atoms with Gasteiger partial charge in [-0.05, 0) is 48.4 Å². The van der Waals surface area contributed by atoms with Crippen molar-refractivity contribution >= 4 is 5.91 Å². The molecule has 27 heavy (non-hydrogen) atoms. The van der Waals surface area contributed by atoms with E-state index in [0.717, 1.165) is 17.5 Å². The molecular weight excluding hydrogens is 358 g/mol. The lowest BCUT2D eigenvalue weighted by Crippen LogP contribution is -2.20. The highest BCUT2D eigenvalue weighted by atomic mass is 19.3. The zero-order valence-electron chi connectivity index (χ0n) is 14.9. The van der Waals surface area contributed by atoms with Gasteiger partial charge in [-0.1, -0.05) is 18.2 Å². The first-order valence-electron chi connectivity index (χ1n) is 8.30. The Labute approximate surface area is 156 Å². The van der Waals surface area contributed by atoms with E-state index in [9.17, 15) is 13.6 Å². The first-order chi connectivity index (χ1) is 13.0. The lowest BCUT2D eigenvalue weighted by atomic mass is 10.1. The molecule has 2 aromatic carbocycles. The Morgan fingerprint density at radius 2 is 1.81 bits per heavy atom. The van der Waals surface area contributed by atoms with Gasteiger partial charge in [-0.25, -0.2) is 0 Å². The van der Waals surface area contributed by atoms with Crippen molar-refractivity contribution in [3.05, 3.63) is 53.6 Å². The van der Waals surface area contributed by atoms with Crippen molar-refractivity contribution in [2.45, 2.75) is 19.6 Å². The normalized spacial score (nSPS) is 10.7. The molecule has 0 saturated carbocycles. The Morgan fingerprint density at radius 3 is 2.44 bits per heavy atom. The van der Waals surface area contributed by atoms with E-state index in [2.05, 4.69) is 10.1 Å². The fraction of sp³-hybridized carbons (Fsp3) is 0.316. The Bertz CT molecular complexity index is 739. The predicted octanol–water partition coefficient (Wildman–Crippen LogP) is 2.49. The van der Waals surface area contributed by atoms with Crippen LogP contribution in [0.2, 0.25) is 0 Å². The van der Waals surface area contributed by atoms with E-state index in [1.807, 2.05) is 12.1 Å². The highest BCUT2D eigenvalue weighted by molar-refractivity contribution is 5.75. The molecule has 8 heteroatoms. The van der Waals surface area contributed by atoms with Crippen LogP contribution in [0.3, 0.4) is 0 Å². The van der Waals surface area contributed by atoms with Gasteiger partial charge in [0.2, 0.25) is 0 Å². The number of hydrogen-bond donors (Lipinski definition) is 2. The van der Waals surface area contributed by atoms with Gasteiger partial charge in [0.15, 0.2) is 18.1 Å². The SMILES string of the molecule is COc1cc(CNCCc2ccc(OC(F)F)cc2)ccc1OCC(N)=O. The molecule has 1 amide bonds. The summed E-state index contributed by atoms with van der Waals surface area (Å²) < 4.78 is 39.1. The second-order valence-corrected chi connectivity index (χ2v) is 5.69. The van der Waals surface area contributed by atoms with Crippen molar-refractivity contribution in [2.24, 2.45) is 5.73 Å². The van der Waals surface area contributed by atoms with Crippen LogP contribution in [-0.2, 0) is 17.8 Å². The van der Waals surface area contributed by atoms with E-state index in [1.165, 1.54) is 19.2 Å². The van der Waals surface area contributed by atoms with Gasteiger partial charge in [0.25, 0.3) is 5.91 Å². The van der Waals surface area contributed by atoms with Crippen LogP contribution in [0.4, 0.5) is 8.78 Å². The number of alkyl halides is 2. The molecule has 0 heterocycles. The second kappa shape index (κ2) is 10.3. The van der Waals surface area contributed by atoms with Crippen molar-refractivity contribution in [3.8, 4) is 17.2 Å². The molecule has 0 aliphatic heterocycles. The molecular formula is C19H22F2N2O4. The minimum Gasteiger partial charge on any atom is -0.493 e. The molecule has 0 aromatic heterocycles. The first-order valence-corrected chi connectivity index (χ1v) is 8.30.